The minimum Gasteiger partial charge on any atom is -0.260 e. The molecule has 1 aromatic rings. The van der Waals surface area contributed by atoms with Gasteiger partial charge >= 0.3 is 0 Å². The number of nitrogens with zero attached hydrogens (tertiary/aromatic N) is 1. The molecule has 1 heterocycles. The van der Waals surface area contributed by atoms with Crippen molar-refractivity contribution in [3.05, 3.63) is 29.6 Å². The molecule has 0 spiro atoms. The summed E-state index contributed by atoms with van der Waals surface area (Å²) in [6.07, 6.45) is 2.53. The Kier molecular flexibility index (Phi) is 4.23. The summed E-state index contributed by atoms with van der Waals surface area (Å²) >= 11 is 0. The first-order valence-corrected chi connectivity index (χ1v) is 6.64. The molecule has 4 nitrogen and oxygen atoms in total. The van der Waals surface area contributed by atoms with Crippen LogP contribution in [0.5, 0.6) is 0 Å². The molecular formula is C10H16N2O2S. The zero-order valence-electron chi connectivity index (χ0n) is 9.03. The number of pyridine rings is 1. The summed E-state index contributed by atoms with van der Waals surface area (Å²) < 4.78 is 25.0. The highest BCUT2D eigenvalue weighted by Crippen LogP contribution is 2.05. The maximum Gasteiger partial charge on any atom is 0.211 e. The van der Waals surface area contributed by atoms with Crippen molar-refractivity contribution in [2.75, 3.05) is 5.75 Å². The van der Waals surface area contributed by atoms with Gasteiger partial charge in [-0.05, 0) is 25.0 Å². The summed E-state index contributed by atoms with van der Waals surface area (Å²) in [4.78, 5) is 4.16. The molecule has 1 N–H and O–H groups in total. The molecule has 0 aliphatic carbocycles. The maximum atomic E-state index is 11.2. The standard InChI is InChI=1S/C10H16N2O2S/c1-3-9-6-5-7-11-10(9)8-12-15(13,14)4-2/h5-7,12H,3-4,8H2,1-2H3. The first-order valence-electron chi connectivity index (χ1n) is 4.99. The highest BCUT2D eigenvalue weighted by molar-refractivity contribution is 7.89. The van der Waals surface area contributed by atoms with Crippen LogP contribution in [-0.2, 0) is 23.0 Å². The maximum absolute atomic E-state index is 11.2. The molecule has 0 aliphatic rings. The lowest BCUT2D eigenvalue weighted by atomic mass is 10.1. The van der Waals surface area contributed by atoms with Crippen molar-refractivity contribution >= 4 is 10.0 Å². The van der Waals surface area contributed by atoms with E-state index < -0.39 is 10.0 Å². The topological polar surface area (TPSA) is 59.1 Å². The van der Waals surface area contributed by atoms with Gasteiger partial charge in [-0.15, -0.1) is 0 Å². The van der Waals surface area contributed by atoms with Crippen LogP contribution in [0.1, 0.15) is 25.1 Å². The van der Waals surface area contributed by atoms with Crippen molar-refractivity contribution in [3.8, 4) is 0 Å². The van der Waals surface area contributed by atoms with Crippen molar-refractivity contribution in [1.29, 1.82) is 0 Å². The molecule has 0 radical (unpaired) electrons. The number of aryl methyl sites for hydroxylation is 1. The summed E-state index contributed by atoms with van der Waals surface area (Å²) in [6, 6.07) is 3.82. The van der Waals surface area contributed by atoms with Gasteiger partial charge in [-0.2, -0.15) is 0 Å². The van der Waals surface area contributed by atoms with Crippen LogP contribution in [0.15, 0.2) is 18.3 Å². The first kappa shape index (κ1) is 12.1. The summed E-state index contributed by atoms with van der Waals surface area (Å²) in [5.41, 5.74) is 1.88. The van der Waals surface area contributed by atoms with E-state index in [1.165, 1.54) is 0 Å². The average Bonchev–Trinajstić information content (AvgIpc) is 2.27. The molecule has 15 heavy (non-hydrogen) atoms. The lowest BCUT2D eigenvalue weighted by molar-refractivity contribution is 0.581. The summed E-state index contributed by atoms with van der Waals surface area (Å²) in [7, 11) is -3.13. The molecule has 0 amide bonds. The smallest absolute Gasteiger partial charge is 0.211 e. The summed E-state index contributed by atoms with van der Waals surface area (Å²) in [5.74, 6) is 0.0985. The molecule has 0 saturated carbocycles. The van der Waals surface area contributed by atoms with Crippen molar-refractivity contribution in [2.45, 2.75) is 26.8 Å². The van der Waals surface area contributed by atoms with Crippen LogP contribution in [0.4, 0.5) is 0 Å². The quantitative estimate of drug-likeness (QED) is 0.820. The van der Waals surface area contributed by atoms with Crippen LogP contribution in [0, 0.1) is 0 Å². The van der Waals surface area contributed by atoms with Crippen molar-refractivity contribution in [2.24, 2.45) is 0 Å². The van der Waals surface area contributed by atoms with Crippen LogP contribution in [0.3, 0.4) is 0 Å². The zero-order valence-corrected chi connectivity index (χ0v) is 9.84. The second kappa shape index (κ2) is 5.23. The van der Waals surface area contributed by atoms with Gasteiger partial charge in [-0.3, -0.25) is 4.98 Å². The SMILES string of the molecule is CCc1cccnc1CNS(=O)(=O)CC. The minimum atomic E-state index is -3.13. The summed E-state index contributed by atoms with van der Waals surface area (Å²) in [6.45, 7) is 3.91. The van der Waals surface area contributed by atoms with E-state index >= 15 is 0 Å². The lowest BCUT2D eigenvalue weighted by Crippen LogP contribution is -2.25. The Morgan fingerprint density at radius 3 is 2.73 bits per heavy atom. The highest BCUT2D eigenvalue weighted by Gasteiger charge is 2.08. The summed E-state index contributed by atoms with van der Waals surface area (Å²) in [5, 5.41) is 0. The second-order valence-corrected chi connectivity index (χ2v) is 5.28. The Bertz CT molecular complexity index is 415. The lowest BCUT2D eigenvalue weighted by Gasteiger charge is -2.07. The van der Waals surface area contributed by atoms with Crippen molar-refractivity contribution in [3.63, 3.8) is 0 Å². The largest absolute Gasteiger partial charge is 0.260 e. The first-order chi connectivity index (χ1) is 7.09. The van der Waals surface area contributed by atoms with Crippen LogP contribution in [0.25, 0.3) is 0 Å². The molecule has 0 aliphatic heterocycles. The number of nitrogens with one attached hydrogen (secondary N) is 1. The van der Waals surface area contributed by atoms with E-state index in [0.29, 0.717) is 0 Å². The van der Waals surface area contributed by atoms with Gasteiger partial charge in [0.25, 0.3) is 0 Å². The van der Waals surface area contributed by atoms with Gasteiger partial charge in [0, 0.05) is 6.20 Å². The predicted molar refractivity (Wildman–Crippen MR) is 59.9 cm³/mol. The number of hydrogen-bond acceptors (Lipinski definition) is 3. The third-order valence-electron chi connectivity index (χ3n) is 2.20. The fraction of sp³-hybridized carbons (Fsp3) is 0.500. The van der Waals surface area contributed by atoms with Gasteiger partial charge in [-0.25, -0.2) is 13.1 Å². The minimum absolute atomic E-state index is 0.0985. The number of sulfonamides is 1. The van der Waals surface area contributed by atoms with Gasteiger partial charge in [-0.1, -0.05) is 13.0 Å². The Balaban J connectivity index is 2.73. The molecule has 0 saturated heterocycles. The van der Waals surface area contributed by atoms with E-state index in [1.54, 1.807) is 13.1 Å². The molecule has 1 aromatic heterocycles. The van der Waals surface area contributed by atoms with Crippen LogP contribution in [0.2, 0.25) is 0 Å². The van der Waals surface area contributed by atoms with Gasteiger partial charge in [0.2, 0.25) is 10.0 Å². The number of hydrogen-bond donors (Lipinski definition) is 1. The molecule has 84 valence electrons. The number of rotatable bonds is 5. The van der Waals surface area contributed by atoms with Crippen LogP contribution >= 0.6 is 0 Å². The third kappa shape index (κ3) is 3.60. The molecule has 0 aromatic carbocycles. The molecule has 0 bridgehead atoms. The van der Waals surface area contributed by atoms with Crippen molar-refractivity contribution < 1.29 is 8.42 Å². The fourth-order valence-corrected chi connectivity index (χ4v) is 1.79. The Hall–Kier alpha value is -0.940. The molecule has 5 heteroatoms. The third-order valence-corrected chi connectivity index (χ3v) is 3.55. The molecule has 1 rings (SSSR count). The average molecular weight is 228 g/mol. The monoisotopic (exact) mass is 228 g/mol. The van der Waals surface area contributed by atoms with Gasteiger partial charge < -0.3 is 0 Å². The van der Waals surface area contributed by atoms with E-state index in [0.717, 1.165) is 17.7 Å². The predicted octanol–water partition coefficient (Wildman–Crippen LogP) is 1.08. The fourth-order valence-electron chi connectivity index (χ4n) is 1.23. The van der Waals surface area contributed by atoms with E-state index in [9.17, 15) is 8.42 Å². The second-order valence-electron chi connectivity index (χ2n) is 3.19. The molecular weight excluding hydrogens is 212 g/mol. The molecule has 0 fully saturated rings. The Morgan fingerprint density at radius 1 is 1.40 bits per heavy atom. The molecule has 0 unspecified atom stereocenters. The van der Waals surface area contributed by atoms with E-state index in [1.807, 2.05) is 19.1 Å². The van der Waals surface area contributed by atoms with Gasteiger partial charge in [0.05, 0.1) is 18.0 Å². The Morgan fingerprint density at radius 2 is 2.13 bits per heavy atom. The van der Waals surface area contributed by atoms with Crippen LogP contribution in [-0.4, -0.2) is 19.2 Å². The van der Waals surface area contributed by atoms with Crippen LogP contribution < -0.4 is 4.72 Å². The number of aromatic nitrogens is 1. The van der Waals surface area contributed by atoms with Crippen molar-refractivity contribution in [1.82, 2.24) is 9.71 Å². The Labute approximate surface area is 90.8 Å². The normalized spacial score (nSPS) is 11.6. The zero-order chi connectivity index (χ0) is 11.3. The van der Waals surface area contributed by atoms with Gasteiger partial charge in [0.1, 0.15) is 0 Å². The van der Waals surface area contributed by atoms with E-state index in [2.05, 4.69) is 9.71 Å². The molecule has 0 atom stereocenters. The van der Waals surface area contributed by atoms with E-state index in [-0.39, 0.29) is 12.3 Å². The highest BCUT2D eigenvalue weighted by atomic mass is 32.2. The van der Waals surface area contributed by atoms with Gasteiger partial charge in [0.15, 0.2) is 0 Å². The van der Waals surface area contributed by atoms with E-state index in [4.69, 9.17) is 0 Å².